The first kappa shape index (κ1) is 19.0. The second-order valence-electron chi connectivity index (χ2n) is 8.73. The van der Waals surface area contributed by atoms with Gasteiger partial charge in [-0.25, -0.2) is 4.98 Å². The van der Waals surface area contributed by atoms with Crippen molar-refractivity contribution in [2.75, 3.05) is 18.4 Å². The molecule has 0 spiro atoms. The van der Waals surface area contributed by atoms with Crippen molar-refractivity contribution < 1.29 is 14.7 Å². The smallest absolute Gasteiger partial charge is 0.246 e. The SMILES string of the molecule is O=C1CCc2cc(C=CC(=O)N3CC4CC(O)(c5ccccc5)CC4C3)cnc2N1. The predicted octanol–water partition coefficient (Wildman–Crippen LogP) is 2.74. The first-order valence-electron chi connectivity index (χ1n) is 10.5. The number of pyridine rings is 1. The third-order valence-corrected chi connectivity index (χ3v) is 6.68. The summed E-state index contributed by atoms with van der Waals surface area (Å²) in [6, 6.07) is 11.8. The van der Waals surface area contributed by atoms with Crippen molar-refractivity contribution in [2.45, 2.75) is 31.3 Å². The number of hydrogen-bond acceptors (Lipinski definition) is 4. The van der Waals surface area contributed by atoms with E-state index in [-0.39, 0.29) is 11.8 Å². The fourth-order valence-corrected chi connectivity index (χ4v) is 5.15. The van der Waals surface area contributed by atoms with E-state index < -0.39 is 5.60 Å². The van der Waals surface area contributed by atoms with Gasteiger partial charge in [-0.05, 0) is 59.9 Å². The lowest BCUT2D eigenvalue weighted by atomic mass is 9.90. The van der Waals surface area contributed by atoms with E-state index in [1.165, 1.54) is 0 Å². The molecule has 2 aliphatic heterocycles. The molecule has 1 aromatic heterocycles. The molecule has 2 fully saturated rings. The van der Waals surface area contributed by atoms with E-state index in [0.717, 1.165) is 16.7 Å². The van der Waals surface area contributed by atoms with Gasteiger partial charge in [-0.1, -0.05) is 30.3 Å². The van der Waals surface area contributed by atoms with Gasteiger partial charge in [0, 0.05) is 31.8 Å². The van der Waals surface area contributed by atoms with E-state index in [1.807, 2.05) is 41.3 Å². The van der Waals surface area contributed by atoms with Gasteiger partial charge in [0.05, 0.1) is 5.60 Å². The summed E-state index contributed by atoms with van der Waals surface area (Å²) in [5.74, 6) is 1.28. The highest BCUT2D eigenvalue weighted by Crippen LogP contribution is 2.48. The quantitative estimate of drug-likeness (QED) is 0.772. The Morgan fingerprint density at radius 1 is 1.17 bits per heavy atom. The molecule has 2 unspecified atom stereocenters. The van der Waals surface area contributed by atoms with E-state index in [9.17, 15) is 14.7 Å². The molecule has 0 bridgehead atoms. The molecule has 1 saturated carbocycles. The summed E-state index contributed by atoms with van der Waals surface area (Å²) in [4.78, 5) is 30.3. The van der Waals surface area contributed by atoms with Crippen LogP contribution < -0.4 is 5.32 Å². The number of aliphatic hydroxyl groups is 1. The van der Waals surface area contributed by atoms with Gasteiger partial charge < -0.3 is 15.3 Å². The summed E-state index contributed by atoms with van der Waals surface area (Å²) in [5.41, 5.74) is 2.07. The van der Waals surface area contributed by atoms with Gasteiger partial charge in [0.1, 0.15) is 5.82 Å². The molecular formula is C24H25N3O3. The van der Waals surface area contributed by atoms with Crippen LogP contribution in [-0.2, 0) is 21.6 Å². The molecule has 2 atom stereocenters. The summed E-state index contributed by atoms with van der Waals surface area (Å²) >= 11 is 0. The van der Waals surface area contributed by atoms with Crippen molar-refractivity contribution in [3.8, 4) is 0 Å². The number of nitrogens with zero attached hydrogens (tertiary/aromatic N) is 2. The number of hydrogen-bond donors (Lipinski definition) is 2. The Morgan fingerprint density at radius 3 is 2.63 bits per heavy atom. The van der Waals surface area contributed by atoms with Crippen molar-refractivity contribution in [2.24, 2.45) is 11.8 Å². The van der Waals surface area contributed by atoms with Crippen LogP contribution in [0.5, 0.6) is 0 Å². The Morgan fingerprint density at radius 2 is 1.90 bits per heavy atom. The number of benzene rings is 1. The molecule has 154 valence electrons. The van der Waals surface area contributed by atoms with Crippen molar-refractivity contribution in [1.82, 2.24) is 9.88 Å². The van der Waals surface area contributed by atoms with Gasteiger partial charge >= 0.3 is 0 Å². The zero-order chi connectivity index (χ0) is 20.7. The number of carbonyl (C=O) groups excluding carboxylic acids is 2. The van der Waals surface area contributed by atoms with Crippen molar-refractivity contribution >= 4 is 23.7 Å². The number of anilines is 1. The molecule has 6 heteroatoms. The lowest BCUT2D eigenvalue weighted by Gasteiger charge is -2.26. The van der Waals surface area contributed by atoms with Crippen LogP contribution in [0.25, 0.3) is 6.08 Å². The Hall–Kier alpha value is -2.99. The summed E-state index contributed by atoms with van der Waals surface area (Å²) < 4.78 is 0. The van der Waals surface area contributed by atoms with Crippen LogP contribution in [0.4, 0.5) is 5.82 Å². The molecule has 2 N–H and O–H groups in total. The van der Waals surface area contributed by atoms with E-state index >= 15 is 0 Å². The number of carbonyl (C=O) groups is 2. The molecule has 1 aromatic carbocycles. The van der Waals surface area contributed by atoms with Crippen molar-refractivity contribution in [3.05, 3.63) is 65.4 Å². The second kappa shape index (κ2) is 7.36. The van der Waals surface area contributed by atoms with E-state index in [2.05, 4.69) is 10.3 Å². The summed E-state index contributed by atoms with van der Waals surface area (Å²) in [5, 5.41) is 13.9. The van der Waals surface area contributed by atoms with Crippen LogP contribution in [0.1, 0.15) is 36.0 Å². The average molecular weight is 403 g/mol. The van der Waals surface area contributed by atoms with Gasteiger partial charge in [0.2, 0.25) is 11.8 Å². The number of aromatic nitrogens is 1. The fourth-order valence-electron chi connectivity index (χ4n) is 5.15. The first-order chi connectivity index (χ1) is 14.5. The predicted molar refractivity (Wildman–Crippen MR) is 113 cm³/mol. The lowest BCUT2D eigenvalue weighted by molar-refractivity contribution is -0.125. The lowest BCUT2D eigenvalue weighted by Crippen LogP contribution is -2.31. The molecule has 1 saturated heterocycles. The average Bonchev–Trinajstić information content (AvgIpc) is 3.28. The van der Waals surface area contributed by atoms with E-state index in [1.54, 1.807) is 18.3 Å². The highest BCUT2D eigenvalue weighted by Gasteiger charge is 2.49. The highest BCUT2D eigenvalue weighted by atomic mass is 16.3. The largest absolute Gasteiger partial charge is 0.385 e. The van der Waals surface area contributed by atoms with Crippen LogP contribution in [0.3, 0.4) is 0 Å². The minimum absolute atomic E-state index is 0.00123. The van der Waals surface area contributed by atoms with Crippen LogP contribution in [0, 0.1) is 11.8 Å². The fraction of sp³-hybridized carbons (Fsp3) is 0.375. The minimum atomic E-state index is -0.772. The van der Waals surface area contributed by atoms with Crippen molar-refractivity contribution in [3.63, 3.8) is 0 Å². The van der Waals surface area contributed by atoms with Gasteiger partial charge in [0.15, 0.2) is 0 Å². The molecule has 2 aromatic rings. The van der Waals surface area contributed by atoms with Gasteiger partial charge in [-0.2, -0.15) is 0 Å². The zero-order valence-electron chi connectivity index (χ0n) is 16.8. The number of likely N-dealkylation sites (tertiary alicyclic amines) is 1. The molecule has 30 heavy (non-hydrogen) atoms. The van der Waals surface area contributed by atoms with Crippen LogP contribution >= 0.6 is 0 Å². The van der Waals surface area contributed by atoms with Gasteiger partial charge in [0.25, 0.3) is 0 Å². The number of amides is 2. The Labute approximate surface area is 175 Å². The van der Waals surface area contributed by atoms with Crippen molar-refractivity contribution in [1.29, 1.82) is 0 Å². The number of fused-ring (bicyclic) bond motifs is 2. The van der Waals surface area contributed by atoms with E-state index in [0.29, 0.717) is 56.4 Å². The maximum atomic E-state index is 12.7. The standard InChI is InChI=1S/C24H25N3O3/c28-21-8-7-17-10-16(13-25-23(17)26-21)6-9-22(29)27-14-18-11-24(30,12-19(18)15-27)20-4-2-1-3-5-20/h1-6,9-10,13,18-19,30H,7-8,11-12,14-15H2,(H,25,26,28). The molecule has 5 rings (SSSR count). The van der Waals surface area contributed by atoms with Gasteiger partial charge in [-0.15, -0.1) is 0 Å². The Kier molecular flexibility index (Phi) is 4.66. The van der Waals surface area contributed by atoms with Crippen LogP contribution in [0.2, 0.25) is 0 Å². The zero-order valence-corrected chi connectivity index (χ0v) is 16.8. The third kappa shape index (κ3) is 3.52. The summed E-state index contributed by atoms with van der Waals surface area (Å²) in [7, 11) is 0. The van der Waals surface area contributed by atoms with Crippen LogP contribution in [0.15, 0.2) is 48.7 Å². The molecule has 2 amide bonds. The number of nitrogens with one attached hydrogen (secondary N) is 1. The molecule has 6 nitrogen and oxygen atoms in total. The number of rotatable bonds is 3. The normalized spacial score (nSPS) is 27.8. The molecule has 1 aliphatic carbocycles. The van der Waals surface area contributed by atoms with Gasteiger partial charge in [-0.3, -0.25) is 9.59 Å². The Balaban J connectivity index is 1.22. The van der Waals surface area contributed by atoms with E-state index in [4.69, 9.17) is 0 Å². The highest BCUT2D eigenvalue weighted by molar-refractivity contribution is 5.94. The maximum absolute atomic E-state index is 12.7. The monoisotopic (exact) mass is 403 g/mol. The summed E-state index contributed by atoms with van der Waals surface area (Å²) in [6.45, 7) is 1.38. The molecular weight excluding hydrogens is 378 g/mol. The maximum Gasteiger partial charge on any atom is 0.246 e. The topological polar surface area (TPSA) is 82.5 Å². The second-order valence-corrected chi connectivity index (χ2v) is 8.73. The third-order valence-electron chi connectivity index (χ3n) is 6.68. The first-order valence-corrected chi connectivity index (χ1v) is 10.5. The number of aryl methyl sites for hydroxylation is 1. The molecule has 0 radical (unpaired) electrons. The summed E-state index contributed by atoms with van der Waals surface area (Å²) in [6.07, 6.45) is 7.62. The molecule has 3 aliphatic rings. The Bertz CT molecular complexity index is 1000. The minimum Gasteiger partial charge on any atom is -0.385 e. The van der Waals surface area contributed by atoms with Crippen LogP contribution in [-0.4, -0.2) is 39.9 Å². The molecule has 3 heterocycles.